The molecule has 0 spiro atoms. The molecule has 34 heavy (non-hydrogen) atoms. The predicted octanol–water partition coefficient (Wildman–Crippen LogP) is 5.65. The molecule has 0 aliphatic carbocycles. The van der Waals surface area contributed by atoms with E-state index < -0.39 is 17.8 Å². The van der Waals surface area contributed by atoms with Crippen molar-refractivity contribution in [3.8, 4) is 0 Å². The van der Waals surface area contributed by atoms with Crippen molar-refractivity contribution < 1.29 is 18.0 Å². The second kappa shape index (κ2) is 8.89. The summed E-state index contributed by atoms with van der Waals surface area (Å²) in [5.74, 6) is 0. The zero-order valence-corrected chi connectivity index (χ0v) is 18.2. The maximum atomic E-state index is 12.7. The number of nitrogens with zero attached hydrogens (tertiary/aromatic N) is 2. The van der Waals surface area contributed by atoms with Crippen LogP contribution in [0.2, 0.25) is 0 Å². The summed E-state index contributed by atoms with van der Waals surface area (Å²) in [7, 11) is 1.63. The highest BCUT2D eigenvalue weighted by molar-refractivity contribution is 6.00. The number of rotatable bonds is 4. The van der Waals surface area contributed by atoms with Crippen LogP contribution in [0.1, 0.15) is 11.1 Å². The van der Waals surface area contributed by atoms with Gasteiger partial charge in [0, 0.05) is 29.8 Å². The zero-order valence-electron chi connectivity index (χ0n) is 18.2. The molecule has 1 aromatic heterocycles. The zero-order chi connectivity index (χ0) is 24.5. The van der Waals surface area contributed by atoms with Gasteiger partial charge in [0.15, 0.2) is 0 Å². The standard InChI is InChI=1S/C24H20F3N5O2/c1-14-3-6-18(31-23(34)30-16-7-4-15(5-8-16)24(25,26)27)12-21(14)29-17-9-10-20-19(11-17)22(33)32(2)13-28-20/h3-13,29H,1-2H3,(H2,30,31,34). The summed E-state index contributed by atoms with van der Waals surface area (Å²) in [6.45, 7) is 1.88. The molecule has 0 unspecified atom stereocenters. The van der Waals surface area contributed by atoms with Crippen LogP contribution in [0.3, 0.4) is 0 Å². The number of hydrogen-bond acceptors (Lipinski definition) is 4. The van der Waals surface area contributed by atoms with Gasteiger partial charge in [-0.05, 0) is 67.1 Å². The molecule has 3 N–H and O–H groups in total. The van der Waals surface area contributed by atoms with Crippen molar-refractivity contribution in [3.05, 3.63) is 88.5 Å². The maximum absolute atomic E-state index is 12.7. The Morgan fingerprint density at radius 2 is 1.56 bits per heavy atom. The van der Waals surface area contributed by atoms with Crippen LogP contribution < -0.4 is 21.5 Å². The van der Waals surface area contributed by atoms with Crippen molar-refractivity contribution in [2.75, 3.05) is 16.0 Å². The minimum Gasteiger partial charge on any atom is -0.355 e. The first-order chi connectivity index (χ1) is 16.1. The molecule has 0 bridgehead atoms. The average Bonchev–Trinajstić information content (AvgIpc) is 2.78. The Balaban J connectivity index is 1.49. The van der Waals surface area contributed by atoms with Crippen LogP contribution in [0.4, 0.5) is 40.7 Å². The van der Waals surface area contributed by atoms with E-state index in [1.54, 1.807) is 43.4 Å². The van der Waals surface area contributed by atoms with Gasteiger partial charge in [0.1, 0.15) is 0 Å². The van der Waals surface area contributed by atoms with Crippen LogP contribution in [0.15, 0.2) is 71.8 Å². The fraction of sp³-hybridized carbons (Fsp3) is 0.125. The van der Waals surface area contributed by atoms with Gasteiger partial charge in [-0.2, -0.15) is 13.2 Å². The number of aryl methyl sites for hydroxylation is 2. The summed E-state index contributed by atoms with van der Waals surface area (Å²) in [4.78, 5) is 28.9. The van der Waals surface area contributed by atoms with Crippen molar-refractivity contribution in [1.29, 1.82) is 0 Å². The van der Waals surface area contributed by atoms with Crippen molar-refractivity contribution in [2.45, 2.75) is 13.1 Å². The first-order valence-corrected chi connectivity index (χ1v) is 10.2. The molecule has 0 fully saturated rings. The number of aromatic nitrogens is 2. The van der Waals surface area contributed by atoms with Crippen LogP contribution in [0.5, 0.6) is 0 Å². The largest absolute Gasteiger partial charge is 0.416 e. The molecule has 0 aliphatic rings. The Kier molecular flexibility index (Phi) is 5.97. The number of carbonyl (C=O) groups excluding carboxylic acids is 1. The number of halogens is 3. The molecule has 4 rings (SSSR count). The Bertz CT molecular complexity index is 1430. The molecule has 10 heteroatoms. The Morgan fingerprint density at radius 3 is 2.26 bits per heavy atom. The van der Waals surface area contributed by atoms with E-state index in [2.05, 4.69) is 20.9 Å². The van der Waals surface area contributed by atoms with E-state index >= 15 is 0 Å². The van der Waals surface area contributed by atoms with Gasteiger partial charge < -0.3 is 20.5 Å². The lowest BCUT2D eigenvalue weighted by Crippen LogP contribution is -2.19. The molecule has 2 amide bonds. The average molecular weight is 467 g/mol. The molecule has 0 saturated heterocycles. The van der Waals surface area contributed by atoms with Gasteiger partial charge in [0.05, 0.1) is 22.8 Å². The van der Waals surface area contributed by atoms with Gasteiger partial charge in [0.25, 0.3) is 5.56 Å². The van der Waals surface area contributed by atoms with E-state index in [9.17, 15) is 22.8 Å². The predicted molar refractivity (Wildman–Crippen MR) is 126 cm³/mol. The summed E-state index contributed by atoms with van der Waals surface area (Å²) in [5, 5.41) is 8.87. The smallest absolute Gasteiger partial charge is 0.355 e. The van der Waals surface area contributed by atoms with E-state index in [0.717, 1.165) is 17.7 Å². The van der Waals surface area contributed by atoms with Gasteiger partial charge in [-0.1, -0.05) is 6.07 Å². The first kappa shape index (κ1) is 22.8. The van der Waals surface area contributed by atoms with Crippen molar-refractivity contribution >= 4 is 39.7 Å². The van der Waals surface area contributed by atoms with E-state index in [-0.39, 0.29) is 11.2 Å². The monoisotopic (exact) mass is 467 g/mol. The van der Waals surface area contributed by atoms with Gasteiger partial charge in [-0.15, -0.1) is 0 Å². The molecule has 0 radical (unpaired) electrons. The minimum absolute atomic E-state index is 0.166. The molecule has 174 valence electrons. The molecular formula is C24H20F3N5O2. The summed E-state index contributed by atoms with van der Waals surface area (Å²) in [6.07, 6.45) is -2.98. The molecule has 4 aromatic rings. The third kappa shape index (κ3) is 5.01. The quantitative estimate of drug-likeness (QED) is 0.362. The summed E-state index contributed by atoms with van der Waals surface area (Å²) < 4.78 is 39.5. The van der Waals surface area contributed by atoms with E-state index in [1.807, 2.05) is 6.92 Å². The number of fused-ring (bicyclic) bond motifs is 1. The van der Waals surface area contributed by atoms with E-state index in [4.69, 9.17) is 0 Å². The van der Waals surface area contributed by atoms with Crippen LogP contribution >= 0.6 is 0 Å². The van der Waals surface area contributed by atoms with Crippen molar-refractivity contribution in [1.82, 2.24) is 9.55 Å². The number of anilines is 4. The third-order valence-corrected chi connectivity index (χ3v) is 5.16. The highest BCUT2D eigenvalue weighted by Gasteiger charge is 2.30. The first-order valence-electron chi connectivity index (χ1n) is 10.2. The second-order valence-electron chi connectivity index (χ2n) is 7.70. The second-order valence-corrected chi connectivity index (χ2v) is 7.70. The Hall–Kier alpha value is -4.34. The lowest BCUT2D eigenvalue weighted by molar-refractivity contribution is -0.137. The fourth-order valence-electron chi connectivity index (χ4n) is 3.31. The molecule has 0 saturated carbocycles. The van der Waals surface area contributed by atoms with Gasteiger partial charge in [-0.25, -0.2) is 9.78 Å². The minimum atomic E-state index is -4.44. The molecule has 7 nitrogen and oxygen atoms in total. The summed E-state index contributed by atoms with van der Waals surface area (Å²) in [6, 6.07) is 14.0. The number of nitrogens with one attached hydrogen (secondary N) is 3. The summed E-state index contributed by atoms with van der Waals surface area (Å²) >= 11 is 0. The lowest BCUT2D eigenvalue weighted by Gasteiger charge is -2.14. The lowest BCUT2D eigenvalue weighted by atomic mass is 10.1. The van der Waals surface area contributed by atoms with Crippen LogP contribution in [-0.2, 0) is 13.2 Å². The van der Waals surface area contributed by atoms with E-state index in [1.165, 1.54) is 23.0 Å². The SMILES string of the molecule is Cc1ccc(NC(=O)Nc2ccc(C(F)(F)F)cc2)cc1Nc1ccc2ncn(C)c(=O)c2c1. The number of urea groups is 1. The third-order valence-electron chi connectivity index (χ3n) is 5.16. The molecule has 3 aromatic carbocycles. The molecular weight excluding hydrogens is 447 g/mol. The Labute approximate surface area is 192 Å². The van der Waals surface area contributed by atoms with Gasteiger partial charge >= 0.3 is 12.2 Å². The normalized spacial score (nSPS) is 11.3. The Morgan fingerprint density at radius 1 is 0.912 bits per heavy atom. The number of amides is 2. The van der Waals surface area contributed by atoms with Gasteiger partial charge in [-0.3, -0.25) is 4.79 Å². The van der Waals surface area contributed by atoms with Crippen molar-refractivity contribution in [3.63, 3.8) is 0 Å². The molecule has 0 aliphatic heterocycles. The molecule has 0 atom stereocenters. The number of hydrogen-bond donors (Lipinski definition) is 3. The van der Waals surface area contributed by atoms with Gasteiger partial charge in [0.2, 0.25) is 0 Å². The van der Waals surface area contributed by atoms with Crippen molar-refractivity contribution in [2.24, 2.45) is 7.05 Å². The highest BCUT2D eigenvalue weighted by Crippen LogP contribution is 2.30. The highest BCUT2D eigenvalue weighted by atomic mass is 19.4. The fourth-order valence-corrected chi connectivity index (χ4v) is 3.31. The number of carbonyl (C=O) groups is 1. The molecule has 1 heterocycles. The number of benzene rings is 3. The van der Waals surface area contributed by atoms with Crippen LogP contribution in [0.25, 0.3) is 10.9 Å². The van der Waals surface area contributed by atoms with E-state index in [0.29, 0.717) is 28.0 Å². The van der Waals surface area contributed by atoms with Crippen LogP contribution in [0, 0.1) is 6.92 Å². The maximum Gasteiger partial charge on any atom is 0.416 e. The topological polar surface area (TPSA) is 88.1 Å². The van der Waals surface area contributed by atoms with Crippen LogP contribution in [-0.4, -0.2) is 15.6 Å². The number of alkyl halides is 3. The summed E-state index contributed by atoms with van der Waals surface area (Å²) in [5.41, 5.74) is 2.59.